The minimum atomic E-state index is -0.415. The second-order valence-electron chi connectivity index (χ2n) is 4.10. The Morgan fingerprint density at radius 1 is 1.29 bits per heavy atom. The van der Waals surface area contributed by atoms with Gasteiger partial charge in [-0.2, -0.15) is 5.10 Å². The molecule has 0 saturated heterocycles. The highest BCUT2D eigenvalue weighted by molar-refractivity contribution is 6.30. The number of hydrogen-bond donors (Lipinski definition) is 2. The fourth-order valence-corrected chi connectivity index (χ4v) is 1.69. The number of phenolic OH excluding ortho intramolecular Hbond substituents is 1. The number of hydrogen-bond acceptors (Lipinski definition) is 4. The van der Waals surface area contributed by atoms with E-state index in [1.807, 2.05) is 0 Å². The van der Waals surface area contributed by atoms with Crippen molar-refractivity contribution < 1.29 is 14.6 Å². The Morgan fingerprint density at radius 2 is 2.10 bits per heavy atom. The summed E-state index contributed by atoms with van der Waals surface area (Å²) in [4.78, 5) is 11.5. The molecule has 0 saturated carbocycles. The van der Waals surface area contributed by atoms with Gasteiger partial charge in [-0.25, -0.2) is 5.43 Å². The van der Waals surface area contributed by atoms with Crippen molar-refractivity contribution in [3.05, 3.63) is 59.1 Å². The minimum absolute atomic E-state index is 0.0886. The molecule has 0 aromatic heterocycles. The van der Waals surface area contributed by atoms with Gasteiger partial charge in [0.1, 0.15) is 11.5 Å². The Kier molecular flexibility index (Phi) is 5.17. The molecular weight excluding hydrogens is 292 g/mol. The molecule has 2 aromatic rings. The summed E-state index contributed by atoms with van der Waals surface area (Å²) in [7, 11) is 0. The first kappa shape index (κ1) is 14.9. The number of ether oxygens (including phenoxy) is 1. The molecule has 0 aliphatic rings. The highest BCUT2D eigenvalue weighted by Crippen LogP contribution is 2.16. The first-order chi connectivity index (χ1) is 10.1. The summed E-state index contributed by atoms with van der Waals surface area (Å²) in [6.07, 6.45) is 1.35. The lowest BCUT2D eigenvalue weighted by Crippen LogP contribution is -2.24. The van der Waals surface area contributed by atoms with Crippen molar-refractivity contribution in [2.24, 2.45) is 5.10 Å². The molecule has 0 unspecified atom stereocenters. The van der Waals surface area contributed by atoms with Crippen LogP contribution in [0.5, 0.6) is 11.5 Å². The van der Waals surface area contributed by atoms with E-state index < -0.39 is 5.91 Å². The fraction of sp³-hybridized carbons (Fsp3) is 0.0667. The third kappa shape index (κ3) is 4.81. The summed E-state index contributed by atoms with van der Waals surface area (Å²) in [6, 6.07) is 13.4. The van der Waals surface area contributed by atoms with Gasteiger partial charge in [0.05, 0.1) is 6.21 Å². The molecule has 0 aliphatic carbocycles. The molecule has 108 valence electrons. The lowest BCUT2D eigenvalue weighted by molar-refractivity contribution is -0.123. The smallest absolute Gasteiger partial charge is 0.277 e. The molecule has 0 heterocycles. The summed E-state index contributed by atoms with van der Waals surface area (Å²) in [5.74, 6) is 0.176. The van der Waals surface area contributed by atoms with Crippen LogP contribution in [-0.2, 0) is 4.79 Å². The van der Waals surface area contributed by atoms with E-state index >= 15 is 0 Å². The number of hydrazone groups is 1. The summed E-state index contributed by atoms with van der Waals surface area (Å²) < 4.78 is 5.26. The van der Waals surface area contributed by atoms with Gasteiger partial charge >= 0.3 is 0 Å². The number of nitrogens with one attached hydrogen (secondary N) is 1. The van der Waals surface area contributed by atoms with Crippen LogP contribution in [0.2, 0.25) is 5.02 Å². The number of benzene rings is 2. The second-order valence-corrected chi connectivity index (χ2v) is 4.53. The predicted molar refractivity (Wildman–Crippen MR) is 80.8 cm³/mol. The third-order valence-electron chi connectivity index (χ3n) is 2.50. The molecule has 2 rings (SSSR count). The molecule has 2 aromatic carbocycles. The van der Waals surface area contributed by atoms with Crippen LogP contribution in [0.15, 0.2) is 53.6 Å². The van der Waals surface area contributed by atoms with Crippen molar-refractivity contribution in [3.8, 4) is 11.5 Å². The lowest BCUT2D eigenvalue weighted by Gasteiger charge is -2.05. The summed E-state index contributed by atoms with van der Waals surface area (Å²) in [5, 5.41) is 13.8. The first-order valence-electron chi connectivity index (χ1n) is 6.13. The zero-order chi connectivity index (χ0) is 15.1. The quantitative estimate of drug-likeness (QED) is 0.659. The fourth-order valence-electron chi connectivity index (χ4n) is 1.51. The molecule has 0 radical (unpaired) electrons. The number of aromatic hydroxyl groups is 1. The number of para-hydroxylation sites is 1. The minimum Gasteiger partial charge on any atom is -0.507 e. The summed E-state index contributed by atoms with van der Waals surface area (Å²) >= 11 is 5.80. The number of rotatable bonds is 5. The number of amides is 1. The Hall–Kier alpha value is -2.53. The van der Waals surface area contributed by atoms with Crippen LogP contribution in [0, 0.1) is 0 Å². The standard InChI is InChI=1S/C15H13ClN2O3/c16-12-5-3-6-13(8-12)21-10-15(20)18-17-9-11-4-1-2-7-14(11)19/h1-9,19H,10H2,(H,18,20)/b17-9+. The van der Waals surface area contributed by atoms with Gasteiger partial charge in [0, 0.05) is 10.6 Å². The van der Waals surface area contributed by atoms with E-state index in [9.17, 15) is 9.90 Å². The van der Waals surface area contributed by atoms with E-state index in [2.05, 4.69) is 10.5 Å². The zero-order valence-electron chi connectivity index (χ0n) is 11.0. The van der Waals surface area contributed by atoms with E-state index in [0.29, 0.717) is 16.3 Å². The maximum absolute atomic E-state index is 11.5. The SMILES string of the molecule is O=C(COc1cccc(Cl)c1)N/N=C/c1ccccc1O. The van der Waals surface area contributed by atoms with Gasteiger partial charge in [-0.15, -0.1) is 0 Å². The Bertz CT molecular complexity index is 659. The number of halogens is 1. The van der Waals surface area contributed by atoms with Crippen LogP contribution in [0.25, 0.3) is 0 Å². The van der Waals surface area contributed by atoms with Gasteiger partial charge in [-0.05, 0) is 30.3 Å². The maximum atomic E-state index is 11.5. The maximum Gasteiger partial charge on any atom is 0.277 e. The topological polar surface area (TPSA) is 70.9 Å². The Balaban J connectivity index is 1.81. The van der Waals surface area contributed by atoms with Crippen molar-refractivity contribution >= 4 is 23.7 Å². The van der Waals surface area contributed by atoms with Crippen molar-refractivity contribution in [1.82, 2.24) is 5.43 Å². The molecule has 5 nitrogen and oxygen atoms in total. The number of phenols is 1. The summed E-state index contributed by atoms with van der Waals surface area (Å²) in [6.45, 7) is -0.182. The van der Waals surface area contributed by atoms with Crippen LogP contribution in [0.3, 0.4) is 0 Å². The molecule has 1 amide bonds. The highest BCUT2D eigenvalue weighted by Gasteiger charge is 2.02. The van der Waals surface area contributed by atoms with Gasteiger partial charge in [0.2, 0.25) is 0 Å². The van der Waals surface area contributed by atoms with Gasteiger partial charge < -0.3 is 9.84 Å². The number of carbonyl (C=O) groups is 1. The third-order valence-corrected chi connectivity index (χ3v) is 2.73. The van der Waals surface area contributed by atoms with E-state index in [-0.39, 0.29) is 12.4 Å². The van der Waals surface area contributed by atoms with E-state index in [4.69, 9.17) is 16.3 Å². The second kappa shape index (κ2) is 7.31. The lowest BCUT2D eigenvalue weighted by atomic mass is 10.2. The molecule has 6 heteroatoms. The van der Waals surface area contributed by atoms with Crippen LogP contribution >= 0.6 is 11.6 Å². The molecule has 2 N–H and O–H groups in total. The average molecular weight is 305 g/mol. The molecule has 0 spiro atoms. The number of carbonyl (C=O) groups excluding carboxylic acids is 1. The van der Waals surface area contributed by atoms with Crippen molar-refractivity contribution in [3.63, 3.8) is 0 Å². The average Bonchev–Trinajstić information content (AvgIpc) is 2.47. The van der Waals surface area contributed by atoms with Crippen molar-refractivity contribution in [2.45, 2.75) is 0 Å². The van der Waals surface area contributed by atoms with Crippen LogP contribution < -0.4 is 10.2 Å². The highest BCUT2D eigenvalue weighted by atomic mass is 35.5. The van der Waals surface area contributed by atoms with E-state index in [1.54, 1.807) is 42.5 Å². The largest absolute Gasteiger partial charge is 0.507 e. The van der Waals surface area contributed by atoms with E-state index in [0.717, 1.165) is 0 Å². The predicted octanol–water partition coefficient (Wildman–Crippen LogP) is 2.57. The van der Waals surface area contributed by atoms with Crippen molar-refractivity contribution in [1.29, 1.82) is 0 Å². The molecular formula is C15H13ClN2O3. The first-order valence-corrected chi connectivity index (χ1v) is 6.51. The van der Waals surface area contributed by atoms with Crippen LogP contribution in [-0.4, -0.2) is 23.8 Å². The van der Waals surface area contributed by atoms with Gasteiger partial charge in [-0.1, -0.05) is 29.8 Å². The Morgan fingerprint density at radius 3 is 2.86 bits per heavy atom. The van der Waals surface area contributed by atoms with Crippen LogP contribution in [0.1, 0.15) is 5.56 Å². The monoisotopic (exact) mass is 304 g/mol. The van der Waals surface area contributed by atoms with E-state index in [1.165, 1.54) is 12.3 Å². The van der Waals surface area contributed by atoms with Gasteiger partial charge in [0.15, 0.2) is 6.61 Å². The zero-order valence-corrected chi connectivity index (χ0v) is 11.7. The number of nitrogens with zero attached hydrogens (tertiary/aromatic N) is 1. The summed E-state index contributed by atoms with van der Waals surface area (Å²) in [5.41, 5.74) is 2.81. The normalized spacial score (nSPS) is 10.5. The molecule has 0 aliphatic heterocycles. The molecule has 0 fully saturated rings. The Labute approximate surface area is 126 Å². The van der Waals surface area contributed by atoms with Crippen molar-refractivity contribution in [2.75, 3.05) is 6.61 Å². The molecule has 0 atom stereocenters. The van der Waals surface area contributed by atoms with Gasteiger partial charge in [-0.3, -0.25) is 4.79 Å². The van der Waals surface area contributed by atoms with Gasteiger partial charge in [0.25, 0.3) is 5.91 Å². The molecule has 0 bridgehead atoms. The van der Waals surface area contributed by atoms with Crippen LogP contribution in [0.4, 0.5) is 0 Å². The molecule has 21 heavy (non-hydrogen) atoms.